The summed E-state index contributed by atoms with van der Waals surface area (Å²) in [6.45, 7) is 0.0547. The Hall–Kier alpha value is -0.420. The van der Waals surface area contributed by atoms with Crippen LogP contribution in [0.25, 0.3) is 0 Å². The van der Waals surface area contributed by atoms with Crippen molar-refractivity contribution in [3.63, 3.8) is 0 Å². The molecular formula is C6H10ClF2NO2. The van der Waals surface area contributed by atoms with E-state index in [2.05, 4.69) is 5.32 Å². The molecule has 0 amide bonds. The molecule has 12 heavy (non-hydrogen) atoms. The summed E-state index contributed by atoms with van der Waals surface area (Å²) in [6.07, 6.45) is -0.385. The van der Waals surface area contributed by atoms with E-state index in [1.807, 2.05) is 0 Å². The average Bonchev–Trinajstić information content (AvgIpc) is 1.85. The SMILES string of the molecule is Cl.O=C(O)C1CNCCC1(F)F. The standard InChI is InChI=1S/C6H9F2NO2.ClH/c7-6(8)1-2-9-3-4(6)5(10)11;/h4,9H,1-3H2,(H,10,11);1H. The van der Waals surface area contributed by atoms with Gasteiger partial charge in [0.15, 0.2) is 0 Å². The van der Waals surface area contributed by atoms with Crippen molar-refractivity contribution in [2.75, 3.05) is 13.1 Å². The lowest BCUT2D eigenvalue weighted by Gasteiger charge is -2.28. The molecule has 72 valence electrons. The van der Waals surface area contributed by atoms with Gasteiger partial charge in [0.05, 0.1) is 0 Å². The monoisotopic (exact) mass is 201 g/mol. The van der Waals surface area contributed by atoms with Crippen molar-refractivity contribution in [3.05, 3.63) is 0 Å². The number of halogens is 3. The summed E-state index contributed by atoms with van der Waals surface area (Å²) in [5.74, 6) is -6.03. The maximum atomic E-state index is 12.7. The second-order valence-electron chi connectivity index (χ2n) is 2.61. The zero-order chi connectivity index (χ0) is 8.48. The van der Waals surface area contributed by atoms with E-state index in [4.69, 9.17) is 5.11 Å². The van der Waals surface area contributed by atoms with Crippen LogP contribution in [0.1, 0.15) is 6.42 Å². The molecule has 1 unspecified atom stereocenters. The Morgan fingerprint density at radius 2 is 2.17 bits per heavy atom. The lowest BCUT2D eigenvalue weighted by Crippen LogP contribution is -2.48. The first-order valence-corrected chi connectivity index (χ1v) is 3.35. The van der Waals surface area contributed by atoms with Crippen LogP contribution < -0.4 is 5.32 Å². The van der Waals surface area contributed by atoms with Crippen LogP contribution >= 0.6 is 12.4 Å². The number of piperidine rings is 1. The van der Waals surface area contributed by atoms with Crippen molar-refractivity contribution in [2.24, 2.45) is 5.92 Å². The fourth-order valence-corrected chi connectivity index (χ4v) is 1.09. The number of carbonyl (C=O) groups is 1. The van der Waals surface area contributed by atoms with E-state index >= 15 is 0 Å². The number of nitrogens with one attached hydrogen (secondary N) is 1. The van der Waals surface area contributed by atoms with Gasteiger partial charge in [-0.05, 0) is 0 Å². The number of carboxylic acid groups (broad SMARTS) is 1. The number of rotatable bonds is 1. The highest BCUT2D eigenvalue weighted by molar-refractivity contribution is 5.85. The Morgan fingerprint density at radius 1 is 1.58 bits per heavy atom. The first kappa shape index (κ1) is 11.6. The molecule has 1 fully saturated rings. The maximum absolute atomic E-state index is 12.7. The largest absolute Gasteiger partial charge is 0.481 e. The molecular weight excluding hydrogens is 192 g/mol. The van der Waals surface area contributed by atoms with Gasteiger partial charge in [0.2, 0.25) is 0 Å². The van der Waals surface area contributed by atoms with Crippen LogP contribution in [0.2, 0.25) is 0 Å². The second kappa shape index (κ2) is 4.00. The summed E-state index contributed by atoms with van der Waals surface area (Å²) >= 11 is 0. The number of carboxylic acids is 1. The molecule has 0 aromatic carbocycles. The second-order valence-corrected chi connectivity index (χ2v) is 2.61. The third kappa shape index (κ3) is 2.28. The molecule has 2 N–H and O–H groups in total. The molecule has 0 aliphatic carbocycles. The van der Waals surface area contributed by atoms with E-state index in [0.29, 0.717) is 0 Å². The van der Waals surface area contributed by atoms with E-state index in [0.717, 1.165) is 0 Å². The van der Waals surface area contributed by atoms with Gasteiger partial charge >= 0.3 is 5.97 Å². The predicted molar refractivity (Wildman–Crippen MR) is 40.8 cm³/mol. The quantitative estimate of drug-likeness (QED) is 0.658. The molecule has 0 spiro atoms. The molecule has 1 aliphatic rings. The minimum atomic E-state index is -3.04. The molecule has 1 rings (SSSR count). The third-order valence-electron chi connectivity index (χ3n) is 1.79. The van der Waals surface area contributed by atoms with Crippen molar-refractivity contribution in [1.29, 1.82) is 0 Å². The molecule has 6 heteroatoms. The van der Waals surface area contributed by atoms with Crippen LogP contribution in [0.4, 0.5) is 8.78 Å². The zero-order valence-electron chi connectivity index (χ0n) is 6.22. The Kier molecular flexibility index (Phi) is 3.86. The van der Waals surface area contributed by atoms with Gasteiger partial charge in [0.1, 0.15) is 5.92 Å². The lowest BCUT2D eigenvalue weighted by atomic mass is 9.95. The van der Waals surface area contributed by atoms with Crippen LogP contribution in [-0.4, -0.2) is 30.1 Å². The predicted octanol–water partition coefficient (Wildman–Crippen LogP) is 0.738. The van der Waals surface area contributed by atoms with Crippen molar-refractivity contribution in [2.45, 2.75) is 12.3 Å². The molecule has 0 aromatic heterocycles. The highest BCUT2D eigenvalue weighted by atomic mass is 35.5. The van der Waals surface area contributed by atoms with Gasteiger partial charge in [-0.15, -0.1) is 12.4 Å². The first-order chi connectivity index (χ1) is 5.04. The summed E-state index contributed by atoms with van der Waals surface area (Å²) in [7, 11) is 0. The Labute approximate surface area is 74.5 Å². The van der Waals surface area contributed by atoms with E-state index in [-0.39, 0.29) is 31.9 Å². The number of aliphatic carboxylic acids is 1. The van der Waals surface area contributed by atoms with Crippen LogP contribution in [-0.2, 0) is 4.79 Å². The average molecular weight is 202 g/mol. The minimum absolute atomic E-state index is 0. The topological polar surface area (TPSA) is 49.3 Å². The lowest BCUT2D eigenvalue weighted by molar-refractivity contribution is -0.160. The molecule has 0 aromatic rings. The Bertz CT molecular complexity index is 177. The maximum Gasteiger partial charge on any atom is 0.313 e. The fraction of sp³-hybridized carbons (Fsp3) is 0.833. The van der Waals surface area contributed by atoms with Gasteiger partial charge in [-0.2, -0.15) is 0 Å². The van der Waals surface area contributed by atoms with Gasteiger partial charge in [0, 0.05) is 19.5 Å². The van der Waals surface area contributed by atoms with Crippen LogP contribution in [0.3, 0.4) is 0 Å². The molecule has 1 heterocycles. The summed E-state index contributed by atoms with van der Waals surface area (Å²) in [5.41, 5.74) is 0. The smallest absolute Gasteiger partial charge is 0.313 e. The highest BCUT2D eigenvalue weighted by Crippen LogP contribution is 2.30. The van der Waals surface area contributed by atoms with Gasteiger partial charge in [-0.3, -0.25) is 4.79 Å². The summed E-state index contributed by atoms with van der Waals surface area (Å²) in [4.78, 5) is 10.2. The Balaban J connectivity index is 0.00000121. The van der Waals surface area contributed by atoms with E-state index < -0.39 is 17.8 Å². The van der Waals surface area contributed by atoms with Crippen molar-refractivity contribution >= 4 is 18.4 Å². The van der Waals surface area contributed by atoms with Crippen molar-refractivity contribution < 1.29 is 18.7 Å². The highest BCUT2D eigenvalue weighted by Gasteiger charge is 2.45. The normalized spacial score (nSPS) is 27.3. The van der Waals surface area contributed by atoms with Crippen LogP contribution in [0.5, 0.6) is 0 Å². The van der Waals surface area contributed by atoms with E-state index in [1.54, 1.807) is 0 Å². The van der Waals surface area contributed by atoms with Crippen LogP contribution in [0, 0.1) is 5.92 Å². The number of alkyl halides is 2. The van der Waals surface area contributed by atoms with Crippen molar-refractivity contribution in [1.82, 2.24) is 5.32 Å². The molecule has 0 bridgehead atoms. The molecule has 1 aliphatic heterocycles. The molecule has 0 saturated carbocycles. The van der Waals surface area contributed by atoms with Gasteiger partial charge in [0.25, 0.3) is 5.92 Å². The minimum Gasteiger partial charge on any atom is -0.481 e. The van der Waals surface area contributed by atoms with Crippen LogP contribution in [0.15, 0.2) is 0 Å². The molecule has 0 radical (unpaired) electrons. The summed E-state index contributed by atoms with van der Waals surface area (Å²) in [5, 5.41) is 11.0. The van der Waals surface area contributed by atoms with Gasteiger partial charge in [-0.25, -0.2) is 8.78 Å². The summed E-state index contributed by atoms with van der Waals surface area (Å²) < 4.78 is 25.4. The molecule has 1 saturated heterocycles. The van der Waals surface area contributed by atoms with E-state index in [9.17, 15) is 13.6 Å². The summed E-state index contributed by atoms with van der Waals surface area (Å²) in [6, 6.07) is 0. The fourth-order valence-electron chi connectivity index (χ4n) is 1.09. The zero-order valence-corrected chi connectivity index (χ0v) is 7.03. The number of hydrogen-bond acceptors (Lipinski definition) is 2. The van der Waals surface area contributed by atoms with Crippen molar-refractivity contribution in [3.8, 4) is 0 Å². The Morgan fingerprint density at radius 3 is 2.50 bits per heavy atom. The van der Waals surface area contributed by atoms with E-state index in [1.165, 1.54) is 0 Å². The first-order valence-electron chi connectivity index (χ1n) is 3.35. The van der Waals surface area contributed by atoms with Gasteiger partial charge in [-0.1, -0.05) is 0 Å². The molecule has 1 atom stereocenters. The third-order valence-corrected chi connectivity index (χ3v) is 1.79. The molecule has 3 nitrogen and oxygen atoms in total. The number of hydrogen-bond donors (Lipinski definition) is 2. The van der Waals surface area contributed by atoms with Gasteiger partial charge < -0.3 is 10.4 Å².